The summed E-state index contributed by atoms with van der Waals surface area (Å²) in [4.78, 5) is 11.6. The predicted octanol–water partition coefficient (Wildman–Crippen LogP) is 1.21. The van der Waals surface area contributed by atoms with Crippen LogP contribution in [0.2, 0.25) is 0 Å². The largest absolute Gasteiger partial charge is 0.316 e. The van der Waals surface area contributed by atoms with Crippen molar-refractivity contribution in [1.82, 2.24) is 5.32 Å². The number of piperidine rings is 1. The van der Waals surface area contributed by atoms with Crippen LogP contribution in [0, 0.1) is 23.7 Å². The molecule has 2 unspecified atom stereocenters. The first-order valence-electron chi connectivity index (χ1n) is 4.87. The quantitative estimate of drug-likeness (QED) is 0.646. The van der Waals surface area contributed by atoms with Crippen LogP contribution >= 0.6 is 0 Å². The molecule has 13 heavy (non-hydrogen) atoms. The van der Waals surface area contributed by atoms with E-state index in [9.17, 15) is 4.79 Å². The van der Waals surface area contributed by atoms with Crippen LogP contribution in [0.25, 0.3) is 0 Å². The van der Waals surface area contributed by atoms with Crippen LogP contribution < -0.4 is 5.32 Å². The molecule has 2 atom stereocenters. The predicted molar refractivity (Wildman–Crippen MR) is 53.2 cm³/mol. The molecule has 0 saturated carbocycles. The van der Waals surface area contributed by atoms with Crippen molar-refractivity contribution in [3.63, 3.8) is 0 Å². The van der Waals surface area contributed by atoms with Gasteiger partial charge in [-0.15, -0.1) is 5.92 Å². The Kier molecular flexibility index (Phi) is 3.98. The SMILES string of the molecule is CC#CCC(=O)C1CNCC(C)C1. The first-order chi connectivity index (χ1) is 6.24. The van der Waals surface area contributed by atoms with E-state index in [1.807, 2.05) is 0 Å². The van der Waals surface area contributed by atoms with E-state index >= 15 is 0 Å². The molecule has 0 aromatic rings. The van der Waals surface area contributed by atoms with E-state index in [0.717, 1.165) is 19.5 Å². The molecule has 0 bridgehead atoms. The van der Waals surface area contributed by atoms with Gasteiger partial charge in [0.05, 0.1) is 6.42 Å². The molecule has 0 aliphatic carbocycles. The van der Waals surface area contributed by atoms with Crippen LogP contribution in [0.5, 0.6) is 0 Å². The minimum Gasteiger partial charge on any atom is -0.316 e. The molecule has 1 aliphatic rings. The van der Waals surface area contributed by atoms with Crippen LogP contribution in [-0.2, 0) is 4.79 Å². The van der Waals surface area contributed by atoms with Crippen molar-refractivity contribution in [3.05, 3.63) is 0 Å². The lowest BCUT2D eigenvalue weighted by Crippen LogP contribution is -2.38. The number of hydrogen-bond donors (Lipinski definition) is 1. The number of Topliss-reactive ketones (excluding diaryl/α,β-unsaturated/α-hetero) is 1. The van der Waals surface area contributed by atoms with Gasteiger partial charge in [-0.1, -0.05) is 12.8 Å². The van der Waals surface area contributed by atoms with Crippen molar-refractivity contribution in [3.8, 4) is 11.8 Å². The first-order valence-corrected chi connectivity index (χ1v) is 4.87. The zero-order chi connectivity index (χ0) is 9.68. The molecule has 2 heteroatoms. The molecule has 0 spiro atoms. The monoisotopic (exact) mass is 179 g/mol. The first kappa shape index (κ1) is 10.3. The molecule has 1 N–H and O–H groups in total. The number of nitrogens with one attached hydrogen (secondary N) is 1. The third-order valence-corrected chi connectivity index (χ3v) is 2.47. The summed E-state index contributed by atoms with van der Waals surface area (Å²) >= 11 is 0. The Morgan fingerprint density at radius 2 is 2.31 bits per heavy atom. The summed E-state index contributed by atoms with van der Waals surface area (Å²) in [7, 11) is 0. The number of hydrogen-bond acceptors (Lipinski definition) is 2. The molecular weight excluding hydrogens is 162 g/mol. The maximum atomic E-state index is 11.6. The topological polar surface area (TPSA) is 29.1 Å². The van der Waals surface area contributed by atoms with Gasteiger partial charge in [0.1, 0.15) is 5.78 Å². The molecule has 0 aromatic heterocycles. The highest BCUT2D eigenvalue weighted by Gasteiger charge is 2.23. The third-order valence-electron chi connectivity index (χ3n) is 2.47. The van der Waals surface area contributed by atoms with Crippen molar-refractivity contribution in [1.29, 1.82) is 0 Å². The van der Waals surface area contributed by atoms with Crippen molar-refractivity contribution in [2.24, 2.45) is 11.8 Å². The summed E-state index contributed by atoms with van der Waals surface area (Å²) in [5, 5.41) is 3.27. The maximum absolute atomic E-state index is 11.6. The van der Waals surface area contributed by atoms with E-state index in [-0.39, 0.29) is 5.92 Å². The van der Waals surface area contributed by atoms with Crippen LogP contribution in [0.1, 0.15) is 26.7 Å². The summed E-state index contributed by atoms with van der Waals surface area (Å²) < 4.78 is 0. The van der Waals surface area contributed by atoms with E-state index in [2.05, 4.69) is 24.1 Å². The number of carbonyl (C=O) groups excluding carboxylic acids is 1. The molecule has 0 amide bonds. The second-order valence-corrected chi connectivity index (χ2v) is 3.77. The van der Waals surface area contributed by atoms with E-state index in [0.29, 0.717) is 18.1 Å². The minimum absolute atomic E-state index is 0.199. The highest BCUT2D eigenvalue weighted by Crippen LogP contribution is 2.17. The number of rotatable bonds is 2. The van der Waals surface area contributed by atoms with Gasteiger partial charge in [-0.2, -0.15) is 0 Å². The average Bonchev–Trinajstić information content (AvgIpc) is 2.14. The zero-order valence-electron chi connectivity index (χ0n) is 8.39. The molecule has 0 aromatic carbocycles. The molecule has 1 saturated heterocycles. The maximum Gasteiger partial charge on any atom is 0.149 e. The van der Waals surface area contributed by atoms with E-state index in [1.54, 1.807) is 6.92 Å². The summed E-state index contributed by atoms with van der Waals surface area (Å²) in [6.45, 7) is 5.84. The molecule has 1 fully saturated rings. The summed E-state index contributed by atoms with van der Waals surface area (Å²) in [5.74, 6) is 6.71. The Labute approximate surface area is 80.1 Å². The lowest BCUT2D eigenvalue weighted by Gasteiger charge is -2.26. The van der Waals surface area contributed by atoms with Crippen LogP contribution in [0.4, 0.5) is 0 Å². The second kappa shape index (κ2) is 5.04. The second-order valence-electron chi connectivity index (χ2n) is 3.77. The fourth-order valence-electron chi connectivity index (χ4n) is 1.72. The average molecular weight is 179 g/mol. The fourth-order valence-corrected chi connectivity index (χ4v) is 1.72. The van der Waals surface area contributed by atoms with Gasteiger partial charge in [0.2, 0.25) is 0 Å². The van der Waals surface area contributed by atoms with Gasteiger partial charge in [-0.3, -0.25) is 4.79 Å². The molecule has 0 radical (unpaired) electrons. The van der Waals surface area contributed by atoms with Gasteiger partial charge >= 0.3 is 0 Å². The molecule has 1 aliphatic heterocycles. The van der Waals surface area contributed by atoms with Gasteiger partial charge in [0.25, 0.3) is 0 Å². The molecule has 1 heterocycles. The van der Waals surface area contributed by atoms with Gasteiger partial charge in [0, 0.05) is 12.5 Å². The van der Waals surface area contributed by atoms with Gasteiger partial charge in [0.15, 0.2) is 0 Å². The van der Waals surface area contributed by atoms with Gasteiger partial charge < -0.3 is 5.32 Å². The Morgan fingerprint density at radius 3 is 2.92 bits per heavy atom. The molecule has 72 valence electrons. The number of carbonyl (C=O) groups is 1. The third kappa shape index (κ3) is 3.20. The van der Waals surface area contributed by atoms with Crippen LogP contribution in [0.3, 0.4) is 0 Å². The van der Waals surface area contributed by atoms with Crippen LogP contribution in [-0.4, -0.2) is 18.9 Å². The fraction of sp³-hybridized carbons (Fsp3) is 0.727. The molecular formula is C11H17NO. The Morgan fingerprint density at radius 1 is 1.54 bits per heavy atom. The Hall–Kier alpha value is -0.810. The summed E-state index contributed by atoms with van der Waals surface area (Å²) in [5.41, 5.74) is 0. The Bertz CT molecular complexity index is 236. The normalized spacial score (nSPS) is 27.5. The Balaban J connectivity index is 2.40. The van der Waals surface area contributed by atoms with E-state index in [1.165, 1.54) is 0 Å². The van der Waals surface area contributed by atoms with Crippen molar-refractivity contribution in [2.75, 3.05) is 13.1 Å². The van der Waals surface area contributed by atoms with Crippen molar-refractivity contribution >= 4 is 5.78 Å². The highest BCUT2D eigenvalue weighted by molar-refractivity contribution is 5.83. The molecule has 2 nitrogen and oxygen atoms in total. The van der Waals surface area contributed by atoms with E-state index in [4.69, 9.17) is 0 Å². The smallest absolute Gasteiger partial charge is 0.149 e. The molecule has 1 rings (SSSR count). The standard InChI is InChI=1S/C11H17NO/c1-3-4-5-11(13)10-6-9(2)7-12-8-10/h9-10,12H,5-8H2,1-2H3. The van der Waals surface area contributed by atoms with Crippen LogP contribution in [0.15, 0.2) is 0 Å². The number of ketones is 1. The van der Waals surface area contributed by atoms with E-state index < -0.39 is 0 Å². The van der Waals surface area contributed by atoms with Gasteiger partial charge in [-0.25, -0.2) is 0 Å². The van der Waals surface area contributed by atoms with Crippen molar-refractivity contribution in [2.45, 2.75) is 26.7 Å². The van der Waals surface area contributed by atoms with Crippen molar-refractivity contribution < 1.29 is 4.79 Å². The lowest BCUT2D eigenvalue weighted by atomic mass is 9.88. The summed E-state index contributed by atoms with van der Waals surface area (Å²) in [6, 6.07) is 0. The zero-order valence-corrected chi connectivity index (χ0v) is 8.39. The summed E-state index contributed by atoms with van der Waals surface area (Å²) in [6.07, 6.45) is 1.45. The highest BCUT2D eigenvalue weighted by atomic mass is 16.1. The minimum atomic E-state index is 0.199. The lowest BCUT2D eigenvalue weighted by molar-refractivity contribution is -0.122. The van der Waals surface area contributed by atoms with Gasteiger partial charge in [-0.05, 0) is 25.8 Å².